The molecule has 1 rings (SSSR count). The van der Waals surface area contributed by atoms with E-state index in [0.717, 1.165) is 18.5 Å². The zero-order valence-corrected chi connectivity index (χ0v) is 15.7. The highest BCUT2D eigenvalue weighted by atomic mass is 16.1. The van der Waals surface area contributed by atoms with Gasteiger partial charge >= 0.3 is 0 Å². The Morgan fingerprint density at radius 2 is 1.33 bits per heavy atom. The Balaban J connectivity index is 1.88. The number of benzene rings is 1. The normalized spacial score (nSPS) is 10.7. The van der Waals surface area contributed by atoms with Crippen LogP contribution in [0.25, 0.3) is 0 Å². The molecule has 0 aromatic heterocycles. The van der Waals surface area contributed by atoms with Gasteiger partial charge in [-0.3, -0.25) is 4.79 Å². The maximum atomic E-state index is 10.5. The zero-order valence-electron chi connectivity index (χ0n) is 15.7. The Morgan fingerprint density at radius 3 is 1.88 bits per heavy atom. The van der Waals surface area contributed by atoms with Crippen molar-refractivity contribution >= 4 is 12.1 Å². The van der Waals surface area contributed by atoms with E-state index >= 15 is 0 Å². The van der Waals surface area contributed by atoms with Crippen molar-refractivity contribution in [1.29, 1.82) is 0 Å². The maximum Gasteiger partial charge on any atom is 0.211 e. The van der Waals surface area contributed by atoms with E-state index in [4.69, 9.17) is 0 Å². The van der Waals surface area contributed by atoms with Gasteiger partial charge in [0.05, 0.1) is 0 Å². The molecule has 0 bridgehead atoms. The summed E-state index contributed by atoms with van der Waals surface area (Å²) in [5, 5.41) is 2.72. The predicted octanol–water partition coefficient (Wildman–Crippen LogP) is 6.89. The van der Waals surface area contributed by atoms with Crippen LogP contribution in [0, 0.1) is 0 Å². The molecule has 0 saturated heterocycles. The van der Waals surface area contributed by atoms with E-state index in [-0.39, 0.29) is 0 Å². The summed E-state index contributed by atoms with van der Waals surface area (Å²) in [7, 11) is 0. The highest BCUT2D eigenvalue weighted by molar-refractivity contribution is 5.71. The van der Waals surface area contributed by atoms with E-state index in [1.165, 1.54) is 89.0 Å². The molecule has 2 heteroatoms. The van der Waals surface area contributed by atoms with Gasteiger partial charge in [-0.25, -0.2) is 0 Å². The summed E-state index contributed by atoms with van der Waals surface area (Å²) in [6, 6.07) is 8.18. The van der Waals surface area contributed by atoms with Crippen LogP contribution in [-0.4, -0.2) is 6.41 Å². The first-order valence-electron chi connectivity index (χ1n) is 10.2. The lowest BCUT2D eigenvalue weighted by Crippen LogP contribution is -1.94. The van der Waals surface area contributed by atoms with Crippen molar-refractivity contribution in [1.82, 2.24) is 0 Å². The third-order valence-corrected chi connectivity index (χ3v) is 4.72. The topological polar surface area (TPSA) is 29.1 Å². The summed E-state index contributed by atoms with van der Waals surface area (Å²) in [5.74, 6) is 0. The number of carbonyl (C=O) groups is 1. The molecule has 0 aliphatic rings. The van der Waals surface area contributed by atoms with E-state index < -0.39 is 0 Å². The standard InChI is InChI=1S/C22H37NO/c1-2-3-4-5-6-7-8-9-10-11-12-13-14-16-21-17-15-18-22(19-21)23-20-24/h15,17-20H,2-14,16H2,1H3,(H,23,24). The lowest BCUT2D eigenvalue weighted by molar-refractivity contribution is -0.105. The SMILES string of the molecule is CCCCCCCCCCCCCCCc1cccc(NC=O)c1. The fraction of sp³-hybridized carbons (Fsp3) is 0.682. The molecule has 1 N–H and O–H groups in total. The number of nitrogens with one attached hydrogen (secondary N) is 1. The number of hydrogen-bond acceptors (Lipinski definition) is 1. The van der Waals surface area contributed by atoms with Gasteiger partial charge in [0.25, 0.3) is 0 Å². The fourth-order valence-electron chi connectivity index (χ4n) is 3.23. The second kappa shape index (κ2) is 15.2. The molecule has 1 amide bonds. The van der Waals surface area contributed by atoms with Gasteiger partial charge in [0.2, 0.25) is 6.41 Å². The smallest absolute Gasteiger partial charge is 0.211 e. The molecule has 136 valence electrons. The first-order valence-corrected chi connectivity index (χ1v) is 10.2. The Morgan fingerprint density at radius 1 is 0.792 bits per heavy atom. The highest BCUT2D eigenvalue weighted by Crippen LogP contribution is 2.15. The van der Waals surface area contributed by atoms with Crippen LogP contribution in [0.3, 0.4) is 0 Å². The van der Waals surface area contributed by atoms with Crippen LogP contribution in [0.5, 0.6) is 0 Å². The minimum Gasteiger partial charge on any atom is -0.329 e. The number of amides is 1. The van der Waals surface area contributed by atoms with E-state index in [1.807, 2.05) is 12.1 Å². The molecular formula is C22H37NO. The van der Waals surface area contributed by atoms with Crippen molar-refractivity contribution in [3.05, 3.63) is 29.8 Å². The molecule has 0 unspecified atom stereocenters. The van der Waals surface area contributed by atoms with Gasteiger partial charge in [0, 0.05) is 5.69 Å². The van der Waals surface area contributed by atoms with Gasteiger partial charge in [0.1, 0.15) is 0 Å². The van der Waals surface area contributed by atoms with Crippen molar-refractivity contribution in [2.24, 2.45) is 0 Å². The zero-order chi connectivity index (χ0) is 17.3. The van der Waals surface area contributed by atoms with Gasteiger partial charge in [-0.1, -0.05) is 96.1 Å². The summed E-state index contributed by atoms with van der Waals surface area (Å²) < 4.78 is 0. The third kappa shape index (κ3) is 11.3. The van der Waals surface area contributed by atoms with Gasteiger partial charge < -0.3 is 5.32 Å². The minimum atomic E-state index is 0.740. The van der Waals surface area contributed by atoms with Crippen molar-refractivity contribution in [3.8, 4) is 0 Å². The van der Waals surface area contributed by atoms with Crippen LogP contribution in [0.4, 0.5) is 5.69 Å². The number of unbranched alkanes of at least 4 members (excludes halogenated alkanes) is 12. The molecule has 0 saturated carbocycles. The lowest BCUT2D eigenvalue weighted by atomic mass is 10.0. The summed E-state index contributed by atoms with van der Waals surface area (Å²) in [4.78, 5) is 10.5. The summed E-state index contributed by atoms with van der Waals surface area (Å²) in [6.07, 6.45) is 20.0. The molecular weight excluding hydrogens is 294 g/mol. The first-order chi connectivity index (χ1) is 11.9. The minimum absolute atomic E-state index is 0.740. The van der Waals surface area contributed by atoms with Gasteiger partial charge in [-0.15, -0.1) is 0 Å². The van der Waals surface area contributed by atoms with Crippen LogP contribution in [-0.2, 0) is 11.2 Å². The molecule has 0 aliphatic heterocycles. The number of rotatable bonds is 16. The fourth-order valence-corrected chi connectivity index (χ4v) is 3.23. The van der Waals surface area contributed by atoms with Crippen molar-refractivity contribution in [2.75, 3.05) is 5.32 Å². The van der Waals surface area contributed by atoms with E-state index in [1.54, 1.807) is 0 Å². The second-order valence-corrected chi connectivity index (χ2v) is 6.96. The molecule has 1 aromatic rings. The highest BCUT2D eigenvalue weighted by Gasteiger charge is 1.97. The van der Waals surface area contributed by atoms with Crippen LogP contribution in [0.2, 0.25) is 0 Å². The number of aryl methyl sites for hydroxylation is 1. The summed E-state index contributed by atoms with van der Waals surface area (Å²) in [5.41, 5.74) is 2.22. The van der Waals surface area contributed by atoms with Crippen LogP contribution >= 0.6 is 0 Å². The predicted molar refractivity (Wildman–Crippen MR) is 106 cm³/mol. The Labute approximate surface area is 149 Å². The lowest BCUT2D eigenvalue weighted by Gasteiger charge is -2.05. The largest absolute Gasteiger partial charge is 0.329 e. The Kier molecular flexibility index (Phi) is 13.2. The number of anilines is 1. The van der Waals surface area contributed by atoms with E-state index in [0.29, 0.717) is 0 Å². The average molecular weight is 332 g/mol. The molecule has 0 spiro atoms. The summed E-state index contributed by atoms with van der Waals surface area (Å²) >= 11 is 0. The molecule has 24 heavy (non-hydrogen) atoms. The van der Waals surface area contributed by atoms with E-state index in [2.05, 4.69) is 24.4 Å². The second-order valence-electron chi connectivity index (χ2n) is 6.96. The molecule has 0 heterocycles. The summed E-state index contributed by atoms with van der Waals surface area (Å²) in [6.45, 7) is 2.28. The average Bonchev–Trinajstić information content (AvgIpc) is 2.60. The van der Waals surface area contributed by atoms with Crippen molar-refractivity contribution in [3.63, 3.8) is 0 Å². The van der Waals surface area contributed by atoms with Crippen molar-refractivity contribution in [2.45, 2.75) is 96.8 Å². The van der Waals surface area contributed by atoms with Gasteiger partial charge in [0.15, 0.2) is 0 Å². The Hall–Kier alpha value is -1.31. The molecule has 0 atom stereocenters. The van der Waals surface area contributed by atoms with E-state index in [9.17, 15) is 4.79 Å². The monoisotopic (exact) mass is 331 g/mol. The molecule has 0 radical (unpaired) electrons. The maximum absolute atomic E-state index is 10.5. The Bertz CT molecular complexity index is 416. The first kappa shape index (κ1) is 20.7. The van der Waals surface area contributed by atoms with Crippen LogP contribution < -0.4 is 5.32 Å². The van der Waals surface area contributed by atoms with Gasteiger partial charge in [-0.05, 0) is 30.5 Å². The third-order valence-electron chi connectivity index (χ3n) is 4.72. The number of carbonyl (C=O) groups excluding carboxylic acids is 1. The van der Waals surface area contributed by atoms with Gasteiger partial charge in [-0.2, -0.15) is 0 Å². The molecule has 0 aliphatic carbocycles. The quantitative estimate of drug-likeness (QED) is 0.259. The molecule has 2 nitrogen and oxygen atoms in total. The molecule has 0 fully saturated rings. The van der Waals surface area contributed by atoms with Crippen molar-refractivity contribution < 1.29 is 4.79 Å². The van der Waals surface area contributed by atoms with Crippen LogP contribution in [0.1, 0.15) is 96.0 Å². The number of hydrogen-bond donors (Lipinski definition) is 1. The van der Waals surface area contributed by atoms with Crippen LogP contribution in [0.15, 0.2) is 24.3 Å². The molecule has 1 aromatic carbocycles.